The summed E-state index contributed by atoms with van der Waals surface area (Å²) in [5.74, 6) is 1.39. The van der Waals surface area contributed by atoms with Crippen LogP contribution in [0.3, 0.4) is 0 Å². The minimum Gasteiger partial charge on any atom is -0.744 e. The number of thiazole rings is 1. The van der Waals surface area contributed by atoms with Gasteiger partial charge in [-0.05, 0) is 122 Å². The van der Waals surface area contributed by atoms with Crippen LogP contribution in [0.2, 0.25) is 10.0 Å². The van der Waals surface area contributed by atoms with Gasteiger partial charge in [0, 0.05) is 33.6 Å². The van der Waals surface area contributed by atoms with Gasteiger partial charge in [-0.3, -0.25) is 0 Å². The second-order valence-corrected chi connectivity index (χ2v) is 17.6. The summed E-state index contributed by atoms with van der Waals surface area (Å²) >= 11 is 16.2. The second kappa shape index (κ2) is 17.3. The highest BCUT2D eigenvalue weighted by atomic mass is 35.5. The molecular formula is C43H42Cl2N2O4S3. The zero-order valence-corrected chi connectivity index (χ0v) is 34.8. The van der Waals surface area contributed by atoms with E-state index in [0.29, 0.717) is 5.92 Å². The molecule has 280 valence electrons. The number of hydrogen-bond acceptors (Lipinski definition) is 7. The third-order valence-electron chi connectivity index (χ3n) is 9.34. The van der Waals surface area contributed by atoms with Crippen molar-refractivity contribution in [1.29, 1.82) is 0 Å². The van der Waals surface area contributed by atoms with Crippen LogP contribution in [-0.2, 0) is 16.7 Å². The van der Waals surface area contributed by atoms with E-state index < -0.39 is 10.1 Å². The summed E-state index contributed by atoms with van der Waals surface area (Å²) in [7, 11) is -2.55. The molecule has 0 bridgehead atoms. The number of ether oxygens (including phenoxy) is 1. The number of fused-ring (bicyclic) bond motifs is 2. The summed E-state index contributed by atoms with van der Waals surface area (Å²) in [5, 5.41) is 4.00. The first-order valence-corrected chi connectivity index (χ1v) is 21.5. The molecule has 1 aromatic heterocycles. The van der Waals surface area contributed by atoms with Crippen molar-refractivity contribution < 1.29 is 22.3 Å². The van der Waals surface area contributed by atoms with Crippen LogP contribution in [0.5, 0.6) is 5.75 Å². The minimum atomic E-state index is -4.27. The van der Waals surface area contributed by atoms with E-state index in [4.69, 9.17) is 27.9 Å². The Bertz CT molecular complexity index is 2400. The number of hydrogen-bond donors (Lipinski definition) is 0. The predicted molar refractivity (Wildman–Crippen MR) is 226 cm³/mol. The smallest absolute Gasteiger partial charge is 0.262 e. The SMILES string of the molecule is CCN1/C(=C/C=C2\CC(C)CC(/C=C/c3sc4cc(Cl)ccc4[n+]3CC)=C2c2ccc(OC)cc2)Sc2cc(Cl)ccc21.Cc1ccc(S(=O)(=O)[O-])cc1. The molecule has 1 aliphatic carbocycles. The molecule has 6 nitrogen and oxygen atoms in total. The van der Waals surface area contributed by atoms with Gasteiger partial charge in [0.1, 0.15) is 27.1 Å². The molecule has 0 fully saturated rings. The van der Waals surface area contributed by atoms with Crippen LogP contribution in [0.1, 0.15) is 49.7 Å². The van der Waals surface area contributed by atoms with Gasteiger partial charge >= 0.3 is 0 Å². The van der Waals surface area contributed by atoms with Crippen molar-refractivity contribution in [2.45, 2.75) is 56.9 Å². The molecular weight excluding hydrogens is 776 g/mol. The average Bonchev–Trinajstić information content (AvgIpc) is 3.68. The van der Waals surface area contributed by atoms with Crippen LogP contribution in [0.15, 0.2) is 129 Å². The Kier molecular flexibility index (Phi) is 12.8. The molecule has 0 radical (unpaired) electrons. The Balaban J connectivity index is 0.000000389. The Morgan fingerprint density at radius 1 is 0.926 bits per heavy atom. The molecule has 0 saturated carbocycles. The number of benzene rings is 4. The van der Waals surface area contributed by atoms with Crippen molar-refractivity contribution in [3.63, 3.8) is 0 Å². The summed E-state index contributed by atoms with van der Waals surface area (Å²) in [4.78, 5) is 3.40. The van der Waals surface area contributed by atoms with E-state index >= 15 is 0 Å². The van der Waals surface area contributed by atoms with E-state index in [-0.39, 0.29) is 4.90 Å². The lowest BCUT2D eigenvalue weighted by molar-refractivity contribution is -0.665. The van der Waals surface area contributed by atoms with Gasteiger partial charge in [-0.2, -0.15) is 4.57 Å². The number of rotatable bonds is 8. The lowest BCUT2D eigenvalue weighted by Crippen LogP contribution is -2.33. The first-order valence-electron chi connectivity index (χ1n) is 17.7. The molecule has 1 unspecified atom stereocenters. The molecule has 54 heavy (non-hydrogen) atoms. The number of nitrogens with zero attached hydrogens (tertiary/aromatic N) is 2. The van der Waals surface area contributed by atoms with Crippen LogP contribution < -0.4 is 14.2 Å². The van der Waals surface area contributed by atoms with E-state index in [0.717, 1.165) is 47.3 Å². The first kappa shape index (κ1) is 39.9. The average molecular weight is 818 g/mol. The van der Waals surface area contributed by atoms with Crippen molar-refractivity contribution in [3.8, 4) is 5.75 Å². The zero-order chi connectivity index (χ0) is 38.6. The van der Waals surface area contributed by atoms with Gasteiger partial charge < -0.3 is 14.2 Å². The lowest BCUT2D eigenvalue weighted by Gasteiger charge is -2.27. The minimum absolute atomic E-state index is 0.178. The molecule has 1 aliphatic heterocycles. The molecule has 0 saturated heterocycles. The Labute approximate surface area is 336 Å². The third kappa shape index (κ3) is 9.16. The highest BCUT2D eigenvalue weighted by molar-refractivity contribution is 8.03. The van der Waals surface area contributed by atoms with Gasteiger partial charge in [-0.1, -0.05) is 95.2 Å². The van der Waals surface area contributed by atoms with Crippen molar-refractivity contribution in [2.75, 3.05) is 18.6 Å². The maximum atomic E-state index is 10.4. The summed E-state index contributed by atoms with van der Waals surface area (Å²) in [5.41, 5.74) is 8.61. The lowest BCUT2D eigenvalue weighted by atomic mass is 9.78. The molecule has 7 rings (SSSR count). The molecule has 0 N–H and O–H groups in total. The summed E-state index contributed by atoms with van der Waals surface area (Å²) in [6, 6.07) is 26.6. The number of aromatic nitrogens is 1. The summed E-state index contributed by atoms with van der Waals surface area (Å²) < 4.78 is 40.2. The number of thioether (sulfide) groups is 1. The van der Waals surface area contributed by atoms with Crippen LogP contribution >= 0.6 is 46.3 Å². The fourth-order valence-electron chi connectivity index (χ4n) is 6.77. The summed E-state index contributed by atoms with van der Waals surface area (Å²) in [6.07, 6.45) is 11.3. The van der Waals surface area contributed by atoms with E-state index in [1.54, 1.807) is 42.3 Å². The molecule has 5 aromatic rings. The first-order chi connectivity index (χ1) is 25.9. The van der Waals surface area contributed by atoms with E-state index in [1.807, 2.05) is 19.1 Å². The molecule has 0 spiro atoms. The highest BCUT2D eigenvalue weighted by Gasteiger charge is 2.26. The van der Waals surface area contributed by atoms with Crippen molar-refractivity contribution in [1.82, 2.24) is 0 Å². The number of methoxy groups -OCH3 is 1. The van der Waals surface area contributed by atoms with Gasteiger partial charge in [0.25, 0.3) is 5.01 Å². The van der Waals surface area contributed by atoms with Crippen LogP contribution in [0.25, 0.3) is 21.9 Å². The number of allylic oxidation sites excluding steroid dienone is 6. The van der Waals surface area contributed by atoms with Gasteiger partial charge in [0.2, 0.25) is 5.52 Å². The quantitative estimate of drug-likeness (QED) is 0.115. The van der Waals surface area contributed by atoms with Crippen LogP contribution in [0.4, 0.5) is 5.69 Å². The van der Waals surface area contributed by atoms with Gasteiger partial charge in [-0.25, -0.2) is 8.42 Å². The maximum absolute atomic E-state index is 10.4. The van der Waals surface area contributed by atoms with E-state index in [2.05, 4.69) is 103 Å². The van der Waals surface area contributed by atoms with Crippen molar-refractivity contribution >= 4 is 84.0 Å². The number of halogens is 2. The molecule has 11 heteroatoms. The van der Waals surface area contributed by atoms with E-state index in [9.17, 15) is 13.0 Å². The fourth-order valence-corrected chi connectivity index (χ4v) is 10.1. The zero-order valence-electron chi connectivity index (χ0n) is 30.8. The maximum Gasteiger partial charge on any atom is 0.262 e. The van der Waals surface area contributed by atoms with Crippen molar-refractivity contribution in [2.24, 2.45) is 5.92 Å². The summed E-state index contributed by atoms with van der Waals surface area (Å²) in [6.45, 7) is 10.4. The van der Waals surface area contributed by atoms with Crippen LogP contribution in [-0.4, -0.2) is 26.6 Å². The van der Waals surface area contributed by atoms with Gasteiger partial charge in [0.05, 0.1) is 22.7 Å². The molecule has 1 atom stereocenters. The highest BCUT2D eigenvalue weighted by Crippen LogP contribution is 2.47. The molecule has 4 aromatic carbocycles. The van der Waals surface area contributed by atoms with E-state index in [1.165, 1.54) is 65.3 Å². The van der Waals surface area contributed by atoms with Gasteiger partial charge in [-0.15, -0.1) is 0 Å². The van der Waals surface area contributed by atoms with Gasteiger partial charge in [0.15, 0.2) is 0 Å². The fraction of sp³-hybridized carbons (Fsp3) is 0.233. The van der Waals surface area contributed by atoms with Crippen LogP contribution in [0, 0.1) is 12.8 Å². The topological polar surface area (TPSA) is 73.5 Å². The molecule has 0 amide bonds. The number of aryl methyl sites for hydroxylation is 2. The number of anilines is 1. The Hall–Kier alpha value is -3.83. The predicted octanol–water partition coefficient (Wildman–Crippen LogP) is 11.7. The normalized spacial score (nSPS) is 17.4. The Morgan fingerprint density at radius 3 is 2.30 bits per heavy atom. The van der Waals surface area contributed by atoms with Crippen molar-refractivity contribution in [3.05, 3.63) is 146 Å². The third-order valence-corrected chi connectivity index (χ3v) is 12.9. The monoisotopic (exact) mass is 816 g/mol. The second-order valence-electron chi connectivity index (χ2n) is 13.2. The largest absolute Gasteiger partial charge is 0.744 e. The molecule has 2 aliphatic rings. The standard InChI is InChI=1S/C36H35Cl2N2OS2.C7H8O3S/c1-5-39-30-15-11-27(37)21-32(30)42-34(39)17-9-25-19-23(3)20-26(36(25)24-7-13-29(41-4)14-8-24)10-18-35-40(6-2)31-16-12-28(38)22-33(31)43-35;1-6-2-4-7(5-3-6)11(8,9)10/h7-18,21-23H,5-6,19-20H2,1-4H3;2-5H,1H3,(H,8,9,10)/q+1;/p-1. The molecule has 2 heterocycles. The Morgan fingerprint density at radius 2 is 1.63 bits per heavy atom.